The molecule has 0 amide bonds. The number of H-pyrrole nitrogens is 1. The maximum Gasteiger partial charge on any atom is 0.341 e. The Morgan fingerprint density at radius 2 is 2.07 bits per heavy atom. The summed E-state index contributed by atoms with van der Waals surface area (Å²) < 4.78 is 5.48. The smallest absolute Gasteiger partial charge is 0.341 e. The number of likely N-dealkylation sites (tertiary alicyclic amines) is 1. The molecule has 7 nitrogen and oxygen atoms in total. The molecule has 4 atom stereocenters. The van der Waals surface area contributed by atoms with E-state index in [-0.39, 0.29) is 11.6 Å². The van der Waals surface area contributed by atoms with Gasteiger partial charge in [-0.25, -0.2) is 4.79 Å². The van der Waals surface area contributed by atoms with Gasteiger partial charge in [-0.15, -0.1) is 0 Å². The van der Waals surface area contributed by atoms with Crippen molar-refractivity contribution in [2.24, 2.45) is 5.92 Å². The van der Waals surface area contributed by atoms with Gasteiger partial charge in [0, 0.05) is 36.5 Å². The van der Waals surface area contributed by atoms with Gasteiger partial charge in [-0.2, -0.15) is 0 Å². The third kappa shape index (κ3) is 2.33. The molecule has 5 rings (SSSR count). The predicted molar refractivity (Wildman–Crippen MR) is 110 cm³/mol. The molecule has 0 spiro atoms. The molecular weight excluding hydrogens is 384 g/mol. The van der Waals surface area contributed by atoms with Crippen molar-refractivity contribution in [1.82, 2.24) is 9.88 Å². The lowest BCUT2D eigenvalue weighted by Gasteiger charge is -2.53. The molecule has 1 aromatic heterocycles. The highest BCUT2D eigenvalue weighted by Gasteiger charge is 2.70. The maximum atomic E-state index is 12.4. The number of fused-ring (bicyclic) bond motifs is 4. The van der Waals surface area contributed by atoms with E-state index in [1.54, 1.807) is 7.11 Å². The molecule has 1 saturated heterocycles. The van der Waals surface area contributed by atoms with E-state index in [1.807, 2.05) is 32.2 Å². The molecule has 1 aromatic carbocycles. The minimum absolute atomic E-state index is 0.00328. The van der Waals surface area contributed by atoms with E-state index in [1.165, 1.54) is 6.07 Å². The average molecular weight is 410 g/mol. The number of rotatable bonds is 3. The topological polar surface area (TPSA) is 103 Å². The van der Waals surface area contributed by atoms with Gasteiger partial charge < -0.3 is 19.9 Å². The van der Waals surface area contributed by atoms with Gasteiger partial charge >= 0.3 is 5.97 Å². The molecule has 0 radical (unpaired) electrons. The largest absolute Gasteiger partial charge is 0.497 e. The minimum atomic E-state index is -1.25. The van der Waals surface area contributed by atoms with Gasteiger partial charge in [0.05, 0.1) is 12.7 Å². The average Bonchev–Trinajstić information content (AvgIpc) is 2.88. The molecule has 3 N–H and O–H groups in total. The first-order valence-corrected chi connectivity index (χ1v) is 10.3. The van der Waals surface area contributed by atoms with Crippen LogP contribution < -0.4 is 10.3 Å². The zero-order valence-electron chi connectivity index (χ0n) is 17.4. The standard InChI is InChI=1S/C23H26N2O5/c1-12-4-5-15(30-3)7-17(12)22-8-14-11-25(2)19(14)23(22,29)9-13-6-16(21(27)28)20(26)24-18(13)10-22/h4-7,14,19,29H,8-11H2,1-3H3,(H,24,26)(H,27,28)/t14?,19?,22?,23-/m1/s1. The van der Waals surface area contributed by atoms with Crippen LogP contribution >= 0.6 is 0 Å². The summed E-state index contributed by atoms with van der Waals surface area (Å²) in [6.45, 7) is 2.96. The van der Waals surface area contributed by atoms with Crippen LogP contribution in [0.3, 0.4) is 0 Å². The van der Waals surface area contributed by atoms with Gasteiger partial charge in [-0.05, 0) is 61.2 Å². The van der Waals surface area contributed by atoms with Crippen LogP contribution in [0.4, 0.5) is 0 Å². The van der Waals surface area contributed by atoms with E-state index in [9.17, 15) is 19.8 Å². The molecule has 3 aliphatic rings. The Morgan fingerprint density at radius 3 is 2.73 bits per heavy atom. The van der Waals surface area contributed by atoms with Gasteiger partial charge in [-0.3, -0.25) is 9.69 Å². The summed E-state index contributed by atoms with van der Waals surface area (Å²) in [6, 6.07) is 7.39. The lowest BCUT2D eigenvalue weighted by molar-refractivity contribution is -0.108. The molecule has 1 aliphatic heterocycles. The van der Waals surface area contributed by atoms with Crippen LogP contribution in [-0.2, 0) is 18.3 Å². The predicted octanol–water partition coefficient (Wildman–Crippen LogP) is 1.49. The van der Waals surface area contributed by atoms with Crippen LogP contribution in [0, 0.1) is 12.8 Å². The van der Waals surface area contributed by atoms with Crippen LogP contribution in [0.2, 0.25) is 0 Å². The molecule has 1 saturated carbocycles. The van der Waals surface area contributed by atoms with Crippen molar-refractivity contribution in [1.29, 1.82) is 0 Å². The van der Waals surface area contributed by atoms with Crippen LogP contribution in [0.25, 0.3) is 0 Å². The van der Waals surface area contributed by atoms with Crippen LogP contribution in [0.1, 0.15) is 39.2 Å². The first-order valence-electron chi connectivity index (χ1n) is 10.3. The number of benzene rings is 1. The van der Waals surface area contributed by atoms with Crippen molar-refractivity contribution in [2.45, 2.75) is 43.2 Å². The SMILES string of the molecule is COc1ccc(C)c(C23Cc4[nH]c(=O)c(C(=O)O)cc4C[C@@]2(O)C2C(CN2C)C3)c1. The number of aromatic nitrogens is 1. The van der Waals surface area contributed by atoms with Crippen molar-refractivity contribution >= 4 is 5.97 Å². The monoisotopic (exact) mass is 410 g/mol. The second kappa shape index (κ2) is 6.18. The van der Waals surface area contributed by atoms with Crippen molar-refractivity contribution < 1.29 is 19.7 Å². The normalized spacial score (nSPS) is 32.0. The number of ether oxygens (including phenoxy) is 1. The lowest BCUT2D eigenvalue weighted by atomic mass is 9.59. The number of methoxy groups -OCH3 is 1. The number of aromatic carboxylic acids is 1. The third-order valence-electron chi connectivity index (χ3n) is 7.72. The van der Waals surface area contributed by atoms with Gasteiger partial charge in [0.2, 0.25) is 0 Å². The molecule has 2 heterocycles. The van der Waals surface area contributed by atoms with Crippen molar-refractivity contribution in [3.05, 3.63) is 62.6 Å². The van der Waals surface area contributed by atoms with Gasteiger partial charge in [-0.1, -0.05) is 6.07 Å². The number of nitrogens with zero attached hydrogens (tertiary/aromatic N) is 1. The molecule has 2 aromatic rings. The van der Waals surface area contributed by atoms with Crippen molar-refractivity contribution in [3.8, 4) is 5.75 Å². The first-order chi connectivity index (χ1) is 14.2. The number of hydrogen-bond donors (Lipinski definition) is 3. The molecule has 2 fully saturated rings. The summed E-state index contributed by atoms with van der Waals surface area (Å²) >= 11 is 0. The summed E-state index contributed by atoms with van der Waals surface area (Å²) in [7, 11) is 3.66. The Labute approximate surface area is 174 Å². The molecule has 30 heavy (non-hydrogen) atoms. The lowest BCUT2D eigenvalue weighted by Crippen LogP contribution is -2.67. The highest BCUT2D eigenvalue weighted by Crippen LogP contribution is 2.61. The van der Waals surface area contributed by atoms with Crippen molar-refractivity contribution in [3.63, 3.8) is 0 Å². The Hall–Kier alpha value is -2.64. The highest BCUT2D eigenvalue weighted by atomic mass is 16.5. The summed E-state index contributed by atoms with van der Waals surface area (Å²) in [5.41, 5.74) is 1.04. The van der Waals surface area contributed by atoms with Gasteiger partial charge in [0.15, 0.2) is 0 Å². The number of aryl methyl sites for hydroxylation is 1. The first kappa shape index (κ1) is 19.3. The Kier molecular flexibility index (Phi) is 3.98. The van der Waals surface area contributed by atoms with E-state index < -0.39 is 22.5 Å². The highest BCUT2D eigenvalue weighted by molar-refractivity contribution is 5.87. The number of carboxylic acids is 1. The van der Waals surface area contributed by atoms with E-state index >= 15 is 0 Å². The Morgan fingerprint density at radius 1 is 1.30 bits per heavy atom. The number of likely N-dealkylation sites (N-methyl/N-ethyl adjacent to an activating group) is 1. The van der Waals surface area contributed by atoms with Gasteiger partial charge in [0.1, 0.15) is 11.3 Å². The number of aliphatic hydroxyl groups is 1. The number of carboxylic acid groups (broad SMARTS) is 1. The second-order valence-corrected chi connectivity index (χ2v) is 9.21. The third-order valence-corrected chi connectivity index (χ3v) is 7.72. The zero-order chi connectivity index (χ0) is 21.4. The zero-order valence-corrected chi connectivity index (χ0v) is 17.4. The number of nitrogens with one attached hydrogen (secondary N) is 1. The van der Waals surface area contributed by atoms with Crippen LogP contribution in [0.5, 0.6) is 5.75 Å². The summed E-state index contributed by atoms with van der Waals surface area (Å²) in [4.78, 5) is 28.9. The summed E-state index contributed by atoms with van der Waals surface area (Å²) in [6.07, 6.45) is 1.58. The van der Waals surface area contributed by atoms with Crippen LogP contribution in [-0.4, -0.2) is 58.4 Å². The van der Waals surface area contributed by atoms with E-state index in [4.69, 9.17) is 4.74 Å². The number of hydrogen-bond acceptors (Lipinski definition) is 5. The quantitative estimate of drug-likeness (QED) is 0.709. The Balaban J connectivity index is 1.74. The minimum Gasteiger partial charge on any atom is -0.497 e. The molecular formula is C23H26N2O5. The summed E-state index contributed by atoms with van der Waals surface area (Å²) in [5.74, 6) is -0.164. The van der Waals surface area contributed by atoms with Crippen LogP contribution in [0.15, 0.2) is 29.1 Å². The molecule has 2 aliphatic carbocycles. The molecule has 3 unspecified atom stereocenters. The Bertz CT molecular complexity index is 1130. The fraction of sp³-hybridized carbons (Fsp3) is 0.478. The van der Waals surface area contributed by atoms with E-state index in [2.05, 4.69) is 9.88 Å². The fourth-order valence-electron chi connectivity index (χ4n) is 6.50. The molecule has 158 valence electrons. The number of pyridine rings is 1. The fourth-order valence-corrected chi connectivity index (χ4v) is 6.50. The van der Waals surface area contributed by atoms with E-state index in [0.29, 0.717) is 24.3 Å². The maximum absolute atomic E-state index is 12.4. The molecule has 0 bridgehead atoms. The number of aromatic amines is 1. The van der Waals surface area contributed by atoms with Gasteiger partial charge in [0.25, 0.3) is 5.56 Å². The number of carbonyl (C=O) groups is 1. The second-order valence-electron chi connectivity index (χ2n) is 9.21. The van der Waals surface area contributed by atoms with E-state index in [0.717, 1.165) is 35.5 Å². The summed E-state index contributed by atoms with van der Waals surface area (Å²) in [5, 5.41) is 21.7. The van der Waals surface area contributed by atoms with Crippen molar-refractivity contribution in [2.75, 3.05) is 20.7 Å². The molecule has 7 heteroatoms.